The monoisotopic (exact) mass is 323 g/mol. The van der Waals surface area contributed by atoms with E-state index in [4.69, 9.17) is 4.74 Å². The first-order chi connectivity index (χ1) is 10.5. The Balaban J connectivity index is 1.81. The van der Waals surface area contributed by atoms with Gasteiger partial charge in [0.05, 0.1) is 29.4 Å². The Morgan fingerprint density at radius 2 is 2.14 bits per heavy atom. The molecule has 22 heavy (non-hydrogen) atoms. The largest absolute Gasteiger partial charge is 0.381 e. The zero-order valence-electron chi connectivity index (χ0n) is 12.8. The predicted octanol–water partition coefficient (Wildman–Crippen LogP) is 1.83. The number of hydrogen-bond acceptors (Lipinski definition) is 4. The molecule has 1 fully saturated rings. The number of rotatable bonds is 7. The van der Waals surface area contributed by atoms with E-state index in [0.717, 1.165) is 29.7 Å². The van der Waals surface area contributed by atoms with Crippen LogP contribution < -0.4 is 4.72 Å². The lowest BCUT2D eigenvalue weighted by Crippen LogP contribution is -2.32. The second kappa shape index (κ2) is 5.98. The lowest BCUT2D eigenvalue weighted by molar-refractivity contribution is 0.136. The normalized spacial score (nSPS) is 17.0. The quantitative estimate of drug-likeness (QED) is 0.843. The zero-order valence-corrected chi connectivity index (χ0v) is 13.6. The number of sulfonamides is 1. The second-order valence-corrected chi connectivity index (χ2v) is 7.62. The number of methoxy groups -OCH3 is 1. The highest BCUT2D eigenvalue weighted by atomic mass is 32.2. The van der Waals surface area contributed by atoms with Crippen LogP contribution in [-0.4, -0.2) is 36.9 Å². The molecule has 0 bridgehead atoms. The van der Waals surface area contributed by atoms with Gasteiger partial charge >= 0.3 is 0 Å². The van der Waals surface area contributed by atoms with Gasteiger partial charge in [0.1, 0.15) is 5.82 Å². The summed E-state index contributed by atoms with van der Waals surface area (Å²) in [6.45, 7) is 1.95. The molecule has 120 valence electrons. The van der Waals surface area contributed by atoms with E-state index in [1.807, 2.05) is 24.3 Å². The van der Waals surface area contributed by atoms with Crippen LogP contribution in [-0.2, 0) is 21.3 Å². The van der Waals surface area contributed by atoms with Crippen molar-refractivity contribution in [2.24, 2.45) is 0 Å². The molecule has 1 aliphatic carbocycles. The first kappa shape index (κ1) is 15.5. The molecule has 6 nitrogen and oxygen atoms in total. The molecule has 2 aromatic rings. The first-order valence-electron chi connectivity index (χ1n) is 7.46. The summed E-state index contributed by atoms with van der Waals surface area (Å²) in [5.74, 6) is 0.727. The minimum Gasteiger partial charge on any atom is -0.381 e. The number of aromatic nitrogens is 2. The van der Waals surface area contributed by atoms with E-state index in [2.05, 4.69) is 14.3 Å². The lowest BCUT2D eigenvalue weighted by Gasteiger charge is -2.12. The Hall–Kier alpha value is -1.44. The molecule has 1 aliphatic rings. The topological polar surface area (TPSA) is 73.2 Å². The molecule has 1 aromatic carbocycles. The average Bonchev–Trinajstić information content (AvgIpc) is 3.25. The summed E-state index contributed by atoms with van der Waals surface area (Å²) < 4.78 is 33.9. The molecule has 1 aromatic heterocycles. The van der Waals surface area contributed by atoms with Crippen LogP contribution >= 0.6 is 0 Å². The highest BCUT2D eigenvalue weighted by Crippen LogP contribution is 2.38. The van der Waals surface area contributed by atoms with Crippen molar-refractivity contribution in [1.29, 1.82) is 0 Å². The van der Waals surface area contributed by atoms with Crippen LogP contribution in [0.25, 0.3) is 11.0 Å². The minimum absolute atomic E-state index is 0.0485. The summed E-state index contributed by atoms with van der Waals surface area (Å²) in [7, 11) is -1.87. The molecule has 3 rings (SSSR count). The van der Waals surface area contributed by atoms with E-state index < -0.39 is 10.0 Å². The van der Waals surface area contributed by atoms with E-state index in [9.17, 15) is 8.42 Å². The second-order valence-electron chi connectivity index (χ2n) is 5.77. The van der Waals surface area contributed by atoms with E-state index in [0.29, 0.717) is 6.04 Å². The minimum atomic E-state index is -3.38. The molecule has 0 radical (unpaired) electrons. The predicted molar refractivity (Wildman–Crippen MR) is 85.1 cm³/mol. The van der Waals surface area contributed by atoms with E-state index in [-0.39, 0.29) is 18.4 Å². The van der Waals surface area contributed by atoms with Crippen molar-refractivity contribution in [3.8, 4) is 0 Å². The standard InChI is InChI=1S/C15H21N3O3S/c1-11(21-2)10-22(19,20)16-9-15-17-13-5-3-4-6-14(13)18(15)12-7-8-12/h3-6,11-12,16H,7-10H2,1-2H3/t11-/m0/s1. The van der Waals surface area contributed by atoms with Crippen molar-refractivity contribution >= 4 is 21.1 Å². The summed E-state index contributed by atoms with van der Waals surface area (Å²) in [5, 5.41) is 0. The maximum atomic E-state index is 12.1. The van der Waals surface area contributed by atoms with E-state index in [1.54, 1.807) is 6.92 Å². The highest BCUT2D eigenvalue weighted by Gasteiger charge is 2.28. The summed E-state index contributed by atoms with van der Waals surface area (Å²) in [4.78, 5) is 4.58. The van der Waals surface area contributed by atoms with Crippen LogP contribution in [0.5, 0.6) is 0 Å². The van der Waals surface area contributed by atoms with Crippen LogP contribution in [0.2, 0.25) is 0 Å². The highest BCUT2D eigenvalue weighted by molar-refractivity contribution is 7.89. The number of imidazole rings is 1. The molecule has 1 N–H and O–H groups in total. The Kier molecular flexibility index (Phi) is 4.20. The first-order valence-corrected chi connectivity index (χ1v) is 9.11. The van der Waals surface area contributed by atoms with Gasteiger partial charge in [-0.3, -0.25) is 0 Å². The van der Waals surface area contributed by atoms with Crippen LogP contribution in [0.4, 0.5) is 0 Å². The molecule has 0 amide bonds. The van der Waals surface area contributed by atoms with Crippen molar-refractivity contribution in [2.45, 2.75) is 38.5 Å². The van der Waals surface area contributed by atoms with Crippen LogP contribution in [0.1, 0.15) is 31.6 Å². The van der Waals surface area contributed by atoms with Gasteiger partial charge in [-0.25, -0.2) is 18.1 Å². The molecular formula is C15H21N3O3S. The van der Waals surface area contributed by atoms with Gasteiger partial charge in [-0.15, -0.1) is 0 Å². The molecule has 0 saturated heterocycles. The third-order valence-electron chi connectivity index (χ3n) is 3.89. The number of para-hydroxylation sites is 2. The van der Waals surface area contributed by atoms with Crippen molar-refractivity contribution in [3.05, 3.63) is 30.1 Å². The van der Waals surface area contributed by atoms with Gasteiger partial charge in [-0.05, 0) is 31.9 Å². The van der Waals surface area contributed by atoms with Gasteiger partial charge in [0, 0.05) is 13.2 Å². The number of benzene rings is 1. The maximum absolute atomic E-state index is 12.1. The van der Waals surface area contributed by atoms with Crippen molar-refractivity contribution in [1.82, 2.24) is 14.3 Å². The number of ether oxygens (including phenoxy) is 1. The van der Waals surface area contributed by atoms with Gasteiger partial charge in [-0.2, -0.15) is 0 Å². The molecule has 7 heteroatoms. The van der Waals surface area contributed by atoms with Crippen molar-refractivity contribution < 1.29 is 13.2 Å². The molecule has 1 saturated carbocycles. The molecule has 0 aliphatic heterocycles. The molecule has 1 heterocycles. The molecule has 0 unspecified atom stereocenters. The van der Waals surface area contributed by atoms with Gasteiger partial charge < -0.3 is 9.30 Å². The van der Waals surface area contributed by atoms with Gasteiger partial charge in [0.25, 0.3) is 0 Å². The Morgan fingerprint density at radius 1 is 1.41 bits per heavy atom. The Bertz CT molecular complexity index is 765. The third-order valence-corrected chi connectivity index (χ3v) is 5.38. The third kappa shape index (κ3) is 3.31. The summed E-state index contributed by atoms with van der Waals surface area (Å²) >= 11 is 0. The number of nitrogens with zero attached hydrogens (tertiary/aromatic N) is 2. The van der Waals surface area contributed by atoms with Crippen molar-refractivity contribution in [3.63, 3.8) is 0 Å². The molecule has 1 atom stereocenters. The van der Waals surface area contributed by atoms with Crippen molar-refractivity contribution in [2.75, 3.05) is 12.9 Å². The SMILES string of the molecule is CO[C@@H](C)CS(=O)(=O)NCc1nc2ccccc2n1C1CC1. The average molecular weight is 323 g/mol. The summed E-state index contributed by atoms with van der Waals surface area (Å²) in [5.41, 5.74) is 1.98. The van der Waals surface area contributed by atoms with Gasteiger partial charge in [0.2, 0.25) is 10.0 Å². The van der Waals surface area contributed by atoms with Crippen LogP contribution in [0, 0.1) is 0 Å². The maximum Gasteiger partial charge on any atom is 0.214 e. The number of fused-ring (bicyclic) bond motifs is 1. The fraction of sp³-hybridized carbons (Fsp3) is 0.533. The van der Waals surface area contributed by atoms with Gasteiger partial charge in [-0.1, -0.05) is 12.1 Å². The Morgan fingerprint density at radius 3 is 2.82 bits per heavy atom. The fourth-order valence-electron chi connectivity index (χ4n) is 2.57. The van der Waals surface area contributed by atoms with Gasteiger partial charge in [0.15, 0.2) is 0 Å². The fourth-order valence-corrected chi connectivity index (χ4v) is 3.79. The summed E-state index contributed by atoms with van der Waals surface area (Å²) in [6, 6.07) is 8.37. The van der Waals surface area contributed by atoms with Crippen LogP contribution in [0.15, 0.2) is 24.3 Å². The van der Waals surface area contributed by atoms with E-state index >= 15 is 0 Å². The smallest absolute Gasteiger partial charge is 0.214 e. The zero-order chi connectivity index (χ0) is 15.7. The van der Waals surface area contributed by atoms with Crippen LogP contribution in [0.3, 0.4) is 0 Å². The number of nitrogens with one attached hydrogen (secondary N) is 1. The Labute approximate surface area is 130 Å². The number of hydrogen-bond donors (Lipinski definition) is 1. The molecule has 0 spiro atoms. The van der Waals surface area contributed by atoms with E-state index in [1.165, 1.54) is 7.11 Å². The lowest BCUT2D eigenvalue weighted by atomic mass is 10.3. The summed E-state index contributed by atoms with van der Waals surface area (Å²) in [6.07, 6.45) is 1.92. The molecular weight excluding hydrogens is 302 g/mol.